The summed E-state index contributed by atoms with van der Waals surface area (Å²) >= 11 is 0. The molecule has 3 amide bonds. The second-order valence-electron chi connectivity index (χ2n) is 10.2. The molecule has 14 heteroatoms. The Morgan fingerprint density at radius 1 is 1.18 bits per heavy atom. The lowest BCUT2D eigenvalue weighted by molar-refractivity contribution is -0.139. The van der Waals surface area contributed by atoms with Gasteiger partial charge in [-0.3, -0.25) is 14.4 Å². The van der Waals surface area contributed by atoms with Crippen LogP contribution in [0.2, 0.25) is 0 Å². The van der Waals surface area contributed by atoms with Gasteiger partial charge in [0.25, 0.3) is 5.91 Å². The highest BCUT2D eigenvalue weighted by Gasteiger charge is 2.29. The Morgan fingerprint density at radius 2 is 1.97 bits per heavy atom. The minimum Gasteiger partial charge on any atom is -0.467 e. The number of amides is 3. The molecule has 0 radical (unpaired) electrons. The Morgan fingerprint density at radius 3 is 2.74 bits per heavy atom. The van der Waals surface area contributed by atoms with E-state index in [0.29, 0.717) is 49.8 Å². The number of aromatic nitrogens is 7. The zero-order valence-corrected chi connectivity index (χ0v) is 23.1. The number of nitrogens with zero attached hydrogens (tertiary/aromatic N) is 9. The van der Waals surface area contributed by atoms with Crippen LogP contribution < -0.4 is 10.1 Å². The molecule has 0 unspecified atom stereocenters. The van der Waals surface area contributed by atoms with E-state index in [9.17, 15) is 14.4 Å². The fourth-order valence-electron chi connectivity index (χ4n) is 4.47. The van der Waals surface area contributed by atoms with Gasteiger partial charge in [-0.2, -0.15) is 9.61 Å². The van der Waals surface area contributed by atoms with Crippen LogP contribution in [-0.2, 0) is 20.9 Å². The van der Waals surface area contributed by atoms with E-state index >= 15 is 0 Å². The van der Waals surface area contributed by atoms with Gasteiger partial charge in [0, 0.05) is 32.6 Å². The number of ether oxygens (including phenoxy) is 1. The highest BCUT2D eigenvalue weighted by molar-refractivity contribution is 5.87. The molecule has 1 aliphatic heterocycles. The summed E-state index contributed by atoms with van der Waals surface area (Å²) in [6.07, 6.45) is 2.74. The average molecular weight is 541 g/mol. The molecule has 0 saturated heterocycles. The zero-order chi connectivity index (χ0) is 28.1. The minimum absolute atomic E-state index is 0.163. The van der Waals surface area contributed by atoms with E-state index in [-0.39, 0.29) is 42.5 Å². The largest absolute Gasteiger partial charge is 0.467 e. The molecule has 1 aliphatic rings. The Balaban J connectivity index is 1.55. The summed E-state index contributed by atoms with van der Waals surface area (Å²) in [6, 6.07) is 2.28. The Hall–Kier alpha value is -4.10. The highest BCUT2D eigenvalue weighted by atomic mass is 16.5. The lowest BCUT2D eigenvalue weighted by Crippen LogP contribution is -2.48. The van der Waals surface area contributed by atoms with Gasteiger partial charge in [-0.05, 0) is 38.7 Å². The lowest BCUT2D eigenvalue weighted by atomic mass is 10.0. The SMILES string of the molecule is Cc1nc2n(n1)CCN(C(=O)COc1ccc3nncn3n1)CCCC(=O)N(C)[C@@H](C)C(=O)N[C@@H]2CC(C)C. The number of rotatable bonds is 5. The number of hydrogen-bond donors (Lipinski definition) is 1. The van der Waals surface area contributed by atoms with Crippen LogP contribution in [0.4, 0.5) is 0 Å². The van der Waals surface area contributed by atoms with Crippen molar-refractivity contribution in [3.05, 3.63) is 30.1 Å². The van der Waals surface area contributed by atoms with E-state index in [4.69, 9.17) is 4.74 Å². The Kier molecular flexibility index (Phi) is 8.72. The van der Waals surface area contributed by atoms with E-state index in [0.717, 1.165) is 0 Å². The molecule has 0 spiro atoms. The van der Waals surface area contributed by atoms with Crippen molar-refractivity contribution < 1.29 is 19.1 Å². The van der Waals surface area contributed by atoms with Crippen LogP contribution in [0.25, 0.3) is 5.65 Å². The van der Waals surface area contributed by atoms with Crippen LogP contribution >= 0.6 is 0 Å². The lowest BCUT2D eigenvalue weighted by Gasteiger charge is -2.29. The van der Waals surface area contributed by atoms with E-state index < -0.39 is 12.1 Å². The molecule has 0 saturated carbocycles. The van der Waals surface area contributed by atoms with E-state index in [2.05, 4.69) is 44.5 Å². The molecular formula is C25H36N10O4. The number of carbonyl (C=O) groups is 3. The summed E-state index contributed by atoms with van der Waals surface area (Å²) in [6.45, 7) is 8.48. The maximum absolute atomic E-state index is 13.2. The molecule has 0 aromatic carbocycles. The van der Waals surface area contributed by atoms with Gasteiger partial charge in [0.15, 0.2) is 12.3 Å². The van der Waals surface area contributed by atoms with Crippen LogP contribution in [0.1, 0.15) is 57.7 Å². The van der Waals surface area contributed by atoms with Crippen molar-refractivity contribution in [3.63, 3.8) is 0 Å². The topological polar surface area (TPSA) is 153 Å². The number of nitrogens with one attached hydrogen (secondary N) is 1. The van der Waals surface area contributed by atoms with Crippen molar-refractivity contribution in [2.75, 3.05) is 26.7 Å². The van der Waals surface area contributed by atoms with Crippen molar-refractivity contribution in [2.24, 2.45) is 5.92 Å². The van der Waals surface area contributed by atoms with Gasteiger partial charge in [0.05, 0.1) is 12.6 Å². The van der Waals surface area contributed by atoms with Crippen LogP contribution in [-0.4, -0.2) is 94.9 Å². The number of fused-ring (bicyclic) bond motifs is 2. The van der Waals surface area contributed by atoms with Crippen LogP contribution in [0.5, 0.6) is 5.88 Å². The molecule has 2 atom stereocenters. The molecule has 4 heterocycles. The maximum Gasteiger partial charge on any atom is 0.260 e. The smallest absolute Gasteiger partial charge is 0.260 e. The summed E-state index contributed by atoms with van der Waals surface area (Å²) in [5.74, 6) is 1.10. The first-order valence-corrected chi connectivity index (χ1v) is 13.2. The van der Waals surface area contributed by atoms with E-state index in [1.165, 1.54) is 15.7 Å². The summed E-state index contributed by atoms with van der Waals surface area (Å²) in [5.41, 5.74) is 0.568. The number of aryl methyl sites for hydroxylation is 1. The van der Waals surface area contributed by atoms with Crippen LogP contribution in [0.3, 0.4) is 0 Å². The highest BCUT2D eigenvalue weighted by Crippen LogP contribution is 2.21. The van der Waals surface area contributed by atoms with Gasteiger partial charge in [0.1, 0.15) is 24.0 Å². The fourth-order valence-corrected chi connectivity index (χ4v) is 4.47. The molecular weight excluding hydrogens is 504 g/mol. The van der Waals surface area contributed by atoms with Crippen molar-refractivity contribution >= 4 is 23.4 Å². The third-order valence-corrected chi connectivity index (χ3v) is 6.73. The monoisotopic (exact) mass is 540 g/mol. The first-order valence-electron chi connectivity index (χ1n) is 13.2. The van der Waals surface area contributed by atoms with Gasteiger partial charge in [-0.25, -0.2) is 9.67 Å². The third kappa shape index (κ3) is 6.86. The van der Waals surface area contributed by atoms with Crippen molar-refractivity contribution in [1.29, 1.82) is 0 Å². The molecule has 4 rings (SSSR count). The van der Waals surface area contributed by atoms with Crippen molar-refractivity contribution in [3.8, 4) is 5.88 Å². The second-order valence-corrected chi connectivity index (χ2v) is 10.2. The average Bonchev–Trinajstić information content (AvgIpc) is 3.52. The second kappa shape index (κ2) is 12.2. The van der Waals surface area contributed by atoms with E-state index in [1.54, 1.807) is 42.6 Å². The predicted molar refractivity (Wildman–Crippen MR) is 139 cm³/mol. The van der Waals surface area contributed by atoms with Gasteiger partial charge in [-0.1, -0.05) is 13.8 Å². The molecule has 210 valence electrons. The van der Waals surface area contributed by atoms with Gasteiger partial charge in [0.2, 0.25) is 17.7 Å². The molecule has 14 nitrogen and oxygen atoms in total. The predicted octanol–water partition coefficient (Wildman–Crippen LogP) is 0.776. The molecule has 39 heavy (non-hydrogen) atoms. The number of hydrogen-bond acceptors (Lipinski definition) is 9. The summed E-state index contributed by atoms with van der Waals surface area (Å²) in [5, 5.41) is 19.6. The molecule has 3 aromatic heterocycles. The third-order valence-electron chi connectivity index (χ3n) is 6.73. The van der Waals surface area contributed by atoms with Crippen LogP contribution in [0.15, 0.2) is 18.5 Å². The molecule has 0 fully saturated rings. The quantitative estimate of drug-likeness (QED) is 0.494. The molecule has 0 bridgehead atoms. The molecule has 3 aromatic rings. The first kappa shape index (κ1) is 27.9. The number of likely N-dealkylation sites (N-methyl/N-ethyl adjacent to an activating group) is 1. The normalized spacial score (nSPS) is 19.6. The standard InChI is InChI=1S/C25H36N10O4/c1-16(2)13-19-24-27-18(4)30-34(24)12-11-33(10-6-7-22(36)32(5)17(3)25(38)28-19)23(37)14-39-21-9-8-20-29-26-15-35(20)31-21/h8-9,15-17,19H,6-7,10-14H2,1-5H3,(H,28,38)/t17-,19+/m0/s1. The number of carbonyl (C=O) groups excluding carboxylic acids is 3. The fraction of sp³-hybridized carbons (Fsp3) is 0.600. The van der Waals surface area contributed by atoms with Crippen LogP contribution in [0, 0.1) is 12.8 Å². The Bertz CT molecular complexity index is 1320. The zero-order valence-electron chi connectivity index (χ0n) is 23.1. The van der Waals surface area contributed by atoms with Crippen molar-refractivity contribution in [2.45, 2.75) is 65.6 Å². The van der Waals surface area contributed by atoms with Crippen molar-refractivity contribution in [1.82, 2.24) is 49.7 Å². The molecule has 1 N–H and O–H groups in total. The summed E-state index contributed by atoms with van der Waals surface area (Å²) in [4.78, 5) is 46.9. The van der Waals surface area contributed by atoms with Gasteiger partial charge < -0.3 is 19.9 Å². The summed E-state index contributed by atoms with van der Waals surface area (Å²) in [7, 11) is 1.62. The van der Waals surface area contributed by atoms with Gasteiger partial charge >= 0.3 is 0 Å². The molecule has 0 aliphatic carbocycles. The van der Waals surface area contributed by atoms with E-state index in [1.807, 2.05) is 0 Å². The Labute approximate surface area is 226 Å². The van der Waals surface area contributed by atoms with Gasteiger partial charge in [-0.15, -0.1) is 15.3 Å². The summed E-state index contributed by atoms with van der Waals surface area (Å²) < 4.78 is 8.89. The minimum atomic E-state index is -0.658. The maximum atomic E-state index is 13.2. The first-order chi connectivity index (χ1) is 18.6.